The molecule has 2 rings (SSSR count). The highest BCUT2D eigenvalue weighted by molar-refractivity contribution is 5.83. The van der Waals surface area contributed by atoms with E-state index in [4.69, 9.17) is 5.26 Å². The first-order valence-electron chi connectivity index (χ1n) is 7.94. The third-order valence-corrected chi connectivity index (χ3v) is 3.84. The van der Waals surface area contributed by atoms with Gasteiger partial charge in [0.15, 0.2) is 0 Å². The summed E-state index contributed by atoms with van der Waals surface area (Å²) in [7, 11) is 1.70. The lowest BCUT2D eigenvalue weighted by molar-refractivity contribution is -0.130. The minimum Gasteiger partial charge on any atom is -0.357 e. The van der Waals surface area contributed by atoms with Gasteiger partial charge < -0.3 is 10.2 Å². The van der Waals surface area contributed by atoms with Gasteiger partial charge in [-0.05, 0) is 32.9 Å². The molecular weight excluding hydrogens is 302 g/mol. The highest BCUT2D eigenvalue weighted by Gasteiger charge is 2.18. The van der Waals surface area contributed by atoms with Gasteiger partial charge in [-0.2, -0.15) is 10.4 Å². The normalized spacial score (nSPS) is 11.6. The maximum absolute atomic E-state index is 12.3. The van der Waals surface area contributed by atoms with Crippen LogP contribution in [0.5, 0.6) is 0 Å². The second-order valence-electron chi connectivity index (χ2n) is 5.95. The number of rotatable bonds is 6. The molecule has 0 unspecified atom stereocenters. The van der Waals surface area contributed by atoms with E-state index in [-0.39, 0.29) is 5.91 Å². The van der Waals surface area contributed by atoms with Crippen molar-refractivity contribution in [2.75, 3.05) is 18.9 Å². The molecular formula is C18H23N5O. The molecule has 0 aliphatic rings. The summed E-state index contributed by atoms with van der Waals surface area (Å²) in [5, 5.41) is 16.3. The van der Waals surface area contributed by atoms with Gasteiger partial charge in [0.2, 0.25) is 5.91 Å². The van der Waals surface area contributed by atoms with Crippen molar-refractivity contribution >= 4 is 11.7 Å². The zero-order chi connectivity index (χ0) is 17.7. The molecule has 24 heavy (non-hydrogen) atoms. The maximum atomic E-state index is 12.3. The number of nitrogens with one attached hydrogen (secondary N) is 1. The average molecular weight is 325 g/mol. The Kier molecular flexibility index (Phi) is 5.59. The number of benzene rings is 1. The molecule has 0 saturated carbocycles. The van der Waals surface area contributed by atoms with Gasteiger partial charge in [0.05, 0.1) is 18.2 Å². The summed E-state index contributed by atoms with van der Waals surface area (Å²) < 4.78 is 1.85. The van der Waals surface area contributed by atoms with Gasteiger partial charge in [0.25, 0.3) is 0 Å². The monoisotopic (exact) mass is 325 g/mol. The summed E-state index contributed by atoms with van der Waals surface area (Å²) in [4.78, 5) is 13.8. The van der Waals surface area contributed by atoms with Crippen LogP contribution in [0, 0.1) is 25.2 Å². The summed E-state index contributed by atoms with van der Waals surface area (Å²) in [6.45, 7) is 6.25. The second-order valence-corrected chi connectivity index (χ2v) is 5.95. The first-order chi connectivity index (χ1) is 11.4. The van der Waals surface area contributed by atoms with Crippen molar-refractivity contribution in [2.45, 2.75) is 33.2 Å². The van der Waals surface area contributed by atoms with Crippen LogP contribution in [0.4, 0.5) is 5.82 Å². The van der Waals surface area contributed by atoms with E-state index >= 15 is 0 Å². The molecule has 0 fully saturated rings. The van der Waals surface area contributed by atoms with Crippen molar-refractivity contribution in [3.8, 4) is 11.8 Å². The Balaban J connectivity index is 2.08. The fourth-order valence-electron chi connectivity index (χ4n) is 2.43. The molecule has 6 nitrogen and oxygen atoms in total. The maximum Gasteiger partial charge on any atom is 0.244 e. The number of nitrogens with zero attached hydrogens (tertiary/aromatic N) is 4. The number of aryl methyl sites for hydroxylation is 2. The summed E-state index contributed by atoms with van der Waals surface area (Å²) >= 11 is 0. The Morgan fingerprint density at radius 2 is 2.04 bits per heavy atom. The minimum absolute atomic E-state index is 0.0622. The Bertz CT molecular complexity index is 742. The van der Waals surface area contributed by atoms with E-state index in [1.807, 2.05) is 54.9 Å². The fraction of sp³-hybridized carbons (Fsp3) is 0.389. The minimum atomic E-state index is -0.408. The molecule has 1 aromatic heterocycles. The van der Waals surface area contributed by atoms with E-state index < -0.39 is 6.04 Å². The smallest absolute Gasteiger partial charge is 0.244 e. The van der Waals surface area contributed by atoms with E-state index in [9.17, 15) is 4.79 Å². The van der Waals surface area contributed by atoms with Crippen molar-refractivity contribution in [3.63, 3.8) is 0 Å². The molecule has 0 bridgehead atoms. The Morgan fingerprint density at radius 1 is 1.38 bits per heavy atom. The molecule has 0 aliphatic carbocycles. The first kappa shape index (κ1) is 17.5. The van der Waals surface area contributed by atoms with E-state index in [0.717, 1.165) is 11.4 Å². The molecule has 1 atom stereocenters. The van der Waals surface area contributed by atoms with Crippen molar-refractivity contribution in [3.05, 3.63) is 41.6 Å². The first-order valence-corrected chi connectivity index (χ1v) is 7.94. The van der Waals surface area contributed by atoms with Crippen LogP contribution >= 0.6 is 0 Å². The molecule has 1 aromatic carbocycles. The number of amides is 1. The number of nitriles is 1. The van der Waals surface area contributed by atoms with Crippen LogP contribution in [0.3, 0.4) is 0 Å². The van der Waals surface area contributed by atoms with Crippen LogP contribution in [0.2, 0.25) is 0 Å². The van der Waals surface area contributed by atoms with Crippen LogP contribution in [0.25, 0.3) is 5.69 Å². The largest absolute Gasteiger partial charge is 0.357 e. The summed E-state index contributed by atoms with van der Waals surface area (Å²) in [6, 6.07) is 11.7. The zero-order valence-electron chi connectivity index (χ0n) is 14.6. The lowest BCUT2D eigenvalue weighted by Crippen LogP contribution is -2.39. The van der Waals surface area contributed by atoms with Gasteiger partial charge in [0, 0.05) is 25.4 Å². The number of aromatic nitrogens is 2. The van der Waals surface area contributed by atoms with E-state index in [1.165, 1.54) is 5.56 Å². The highest BCUT2D eigenvalue weighted by atomic mass is 16.2. The van der Waals surface area contributed by atoms with E-state index in [1.54, 1.807) is 18.9 Å². The van der Waals surface area contributed by atoms with E-state index in [2.05, 4.69) is 10.4 Å². The Labute approximate surface area is 142 Å². The zero-order valence-corrected chi connectivity index (χ0v) is 14.6. The van der Waals surface area contributed by atoms with Gasteiger partial charge in [-0.15, -0.1) is 0 Å². The molecule has 1 heterocycles. The number of carbonyl (C=O) groups is 1. The second kappa shape index (κ2) is 7.64. The van der Waals surface area contributed by atoms with Gasteiger partial charge in [-0.3, -0.25) is 4.79 Å². The van der Waals surface area contributed by atoms with Crippen molar-refractivity contribution in [1.82, 2.24) is 14.7 Å². The highest BCUT2D eigenvalue weighted by Crippen LogP contribution is 2.16. The number of hydrogen-bond donors (Lipinski definition) is 1. The molecule has 0 saturated heterocycles. The molecule has 0 aliphatic heterocycles. The summed E-state index contributed by atoms with van der Waals surface area (Å²) in [5.74, 6) is 0.593. The SMILES string of the molecule is Cc1ccc(-n2nc(N[C@H](C)C(=O)N(C)CCC#N)cc2C)cc1. The van der Waals surface area contributed by atoms with Crippen LogP contribution in [-0.2, 0) is 4.79 Å². The topological polar surface area (TPSA) is 74.0 Å². The van der Waals surface area contributed by atoms with Gasteiger partial charge in [0.1, 0.15) is 11.9 Å². The number of anilines is 1. The van der Waals surface area contributed by atoms with Crippen molar-refractivity contribution in [1.29, 1.82) is 5.26 Å². The molecule has 2 aromatic rings. The molecule has 0 radical (unpaired) electrons. The molecule has 1 amide bonds. The molecule has 1 N–H and O–H groups in total. The fourth-order valence-corrected chi connectivity index (χ4v) is 2.43. The lowest BCUT2D eigenvalue weighted by Gasteiger charge is -2.20. The average Bonchev–Trinajstić information content (AvgIpc) is 2.92. The standard InChI is InChI=1S/C18H23N5O/c1-13-6-8-16(9-7-13)23-14(2)12-17(21-23)20-15(3)18(24)22(4)11-5-10-19/h6-9,12,15H,5,11H2,1-4H3,(H,20,21)/t15-/m1/s1. The predicted octanol–water partition coefficient (Wildman–Crippen LogP) is 2.66. The third kappa shape index (κ3) is 4.13. The van der Waals surface area contributed by atoms with E-state index in [0.29, 0.717) is 18.8 Å². The molecule has 126 valence electrons. The van der Waals surface area contributed by atoms with Crippen LogP contribution in [0.1, 0.15) is 24.6 Å². The summed E-state index contributed by atoms with van der Waals surface area (Å²) in [5.41, 5.74) is 3.16. The Hall–Kier alpha value is -2.81. The Morgan fingerprint density at radius 3 is 2.67 bits per heavy atom. The van der Waals surface area contributed by atoms with Crippen molar-refractivity contribution < 1.29 is 4.79 Å². The quantitative estimate of drug-likeness (QED) is 0.886. The van der Waals surface area contributed by atoms with Gasteiger partial charge in [-0.1, -0.05) is 17.7 Å². The number of hydrogen-bond acceptors (Lipinski definition) is 4. The number of likely N-dealkylation sites (N-methyl/N-ethyl adjacent to an activating group) is 1. The molecule has 6 heteroatoms. The number of carbonyl (C=O) groups excluding carboxylic acids is 1. The van der Waals surface area contributed by atoms with Gasteiger partial charge >= 0.3 is 0 Å². The van der Waals surface area contributed by atoms with Crippen LogP contribution < -0.4 is 5.32 Å². The van der Waals surface area contributed by atoms with Crippen LogP contribution in [-0.4, -0.2) is 40.2 Å². The summed E-state index contributed by atoms with van der Waals surface area (Å²) in [6.07, 6.45) is 0.329. The van der Waals surface area contributed by atoms with Crippen LogP contribution in [0.15, 0.2) is 30.3 Å². The third-order valence-electron chi connectivity index (χ3n) is 3.84. The van der Waals surface area contributed by atoms with Crippen molar-refractivity contribution in [2.24, 2.45) is 0 Å². The van der Waals surface area contributed by atoms with Gasteiger partial charge in [-0.25, -0.2) is 4.68 Å². The molecule has 0 spiro atoms. The predicted molar refractivity (Wildman–Crippen MR) is 94.0 cm³/mol. The lowest BCUT2D eigenvalue weighted by atomic mass is 10.2.